The maximum Gasteiger partial charge on any atom is 0.234 e. The predicted molar refractivity (Wildman–Crippen MR) is 74.3 cm³/mol. The van der Waals surface area contributed by atoms with Crippen LogP contribution in [0, 0.1) is 17.8 Å². The van der Waals surface area contributed by atoms with Gasteiger partial charge in [-0.3, -0.25) is 4.79 Å². The van der Waals surface area contributed by atoms with Crippen molar-refractivity contribution in [2.75, 3.05) is 13.1 Å². The molecule has 3 heteroatoms. The van der Waals surface area contributed by atoms with Gasteiger partial charge in [0.1, 0.15) is 0 Å². The zero-order valence-electron chi connectivity index (χ0n) is 11.9. The summed E-state index contributed by atoms with van der Waals surface area (Å²) in [7, 11) is 0. The van der Waals surface area contributed by atoms with Crippen molar-refractivity contribution in [2.45, 2.75) is 58.4 Å². The lowest BCUT2D eigenvalue weighted by Crippen LogP contribution is -2.47. The van der Waals surface area contributed by atoms with Crippen LogP contribution in [0.1, 0.15) is 52.4 Å². The second-order valence-electron chi connectivity index (χ2n) is 6.44. The fraction of sp³-hybridized carbons (Fsp3) is 0.933. The van der Waals surface area contributed by atoms with Gasteiger partial charge in [0.25, 0.3) is 0 Å². The molecule has 2 aliphatic rings. The Labute approximate surface area is 111 Å². The summed E-state index contributed by atoms with van der Waals surface area (Å²) < 4.78 is 0. The van der Waals surface area contributed by atoms with E-state index in [0.29, 0.717) is 24.4 Å². The summed E-state index contributed by atoms with van der Waals surface area (Å²) in [5.74, 6) is 2.38. The topological polar surface area (TPSA) is 41.1 Å². The third-order valence-electron chi connectivity index (χ3n) is 4.44. The second kappa shape index (κ2) is 6.55. The molecular formula is C15H28N2O. The van der Waals surface area contributed by atoms with Crippen molar-refractivity contribution in [3.05, 3.63) is 0 Å². The van der Waals surface area contributed by atoms with Gasteiger partial charge in [-0.25, -0.2) is 0 Å². The fourth-order valence-corrected chi connectivity index (χ4v) is 3.11. The van der Waals surface area contributed by atoms with Gasteiger partial charge in [0.2, 0.25) is 5.91 Å². The monoisotopic (exact) mass is 252 g/mol. The number of carbonyl (C=O) groups is 1. The van der Waals surface area contributed by atoms with Gasteiger partial charge in [-0.05, 0) is 50.0 Å². The van der Waals surface area contributed by atoms with E-state index in [1.54, 1.807) is 0 Å². The van der Waals surface area contributed by atoms with Crippen LogP contribution in [-0.4, -0.2) is 25.0 Å². The summed E-state index contributed by atoms with van der Waals surface area (Å²) in [5.41, 5.74) is 0. The first-order valence-corrected chi connectivity index (χ1v) is 7.67. The molecule has 2 N–H and O–H groups in total. The quantitative estimate of drug-likeness (QED) is 0.761. The van der Waals surface area contributed by atoms with Crippen LogP contribution in [0.2, 0.25) is 0 Å². The Bertz CT molecular complexity index is 274. The molecule has 2 saturated carbocycles. The highest BCUT2D eigenvalue weighted by Crippen LogP contribution is 2.30. The lowest BCUT2D eigenvalue weighted by molar-refractivity contribution is -0.121. The molecule has 0 heterocycles. The zero-order chi connectivity index (χ0) is 13.0. The molecule has 0 bridgehead atoms. The summed E-state index contributed by atoms with van der Waals surface area (Å²) >= 11 is 0. The number of hydrogen-bond donors (Lipinski definition) is 2. The smallest absolute Gasteiger partial charge is 0.234 e. The molecule has 2 atom stereocenters. The van der Waals surface area contributed by atoms with Crippen LogP contribution >= 0.6 is 0 Å². The Kier molecular flexibility index (Phi) is 5.04. The first kappa shape index (κ1) is 13.9. The Hall–Kier alpha value is -0.570. The minimum absolute atomic E-state index is 0.188. The van der Waals surface area contributed by atoms with Gasteiger partial charge in [0, 0.05) is 6.04 Å². The molecule has 104 valence electrons. The van der Waals surface area contributed by atoms with Gasteiger partial charge in [0.15, 0.2) is 0 Å². The standard InChI is InChI=1S/C15H28N2O/c1-11(2)13-5-3-4-6-14(13)17-15(18)10-16-9-12-7-8-12/h11-14,16H,3-10H2,1-2H3,(H,17,18). The van der Waals surface area contributed by atoms with E-state index in [9.17, 15) is 4.79 Å². The van der Waals surface area contributed by atoms with Gasteiger partial charge < -0.3 is 10.6 Å². The van der Waals surface area contributed by atoms with E-state index in [4.69, 9.17) is 0 Å². The lowest BCUT2D eigenvalue weighted by Gasteiger charge is -2.34. The van der Waals surface area contributed by atoms with Crippen molar-refractivity contribution in [2.24, 2.45) is 17.8 Å². The average molecular weight is 252 g/mol. The molecule has 0 aromatic rings. The first-order valence-electron chi connectivity index (χ1n) is 7.67. The molecule has 1 amide bonds. The summed E-state index contributed by atoms with van der Waals surface area (Å²) in [6.07, 6.45) is 7.72. The van der Waals surface area contributed by atoms with Gasteiger partial charge >= 0.3 is 0 Å². The Morgan fingerprint density at radius 1 is 1.17 bits per heavy atom. The van der Waals surface area contributed by atoms with E-state index in [1.165, 1.54) is 32.1 Å². The molecule has 2 fully saturated rings. The van der Waals surface area contributed by atoms with E-state index < -0.39 is 0 Å². The SMILES string of the molecule is CC(C)C1CCCCC1NC(=O)CNCC1CC1. The first-order chi connectivity index (χ1) is 8.66. The molecule has 3 nitrogen and oxygen atoms in total. The van der Waals surface area contributed by atoms with Gasteiger partial charge in [0.05, 0.1) is 6.54 Å². The van der Waals surface area contributed by atoms with Crippen LogP contribution in [0.3, 0.4) is 0 Å². The molecule has 0 spiro atoms. The largest absolute Gasteiger partial charge is 0.352 e. The Morgan fingerprint density at radius 2 is 1.89 bits per heavy atom. The van der Waals surface area contributed by atoms with E-state index in [2.05, 4.69) is 24.5 Å². The van der Waals surface area contributed by atoms with Crippen LogP contribution in [0.4, 0.5) is 0 Å². The van der Waals surface area contributed by atoms with E-state index in [0.717, 1.165) is 18.9 Å². The van der Waals surface area contributed by atoms with Gasteiger partial charge in [-0.1, -0.05) is 26.7 Å². The predicted octanol–water partition coefficient (Wildman–Crippen LogP) is 2.32. The molecule has 18 heavy (non-hydrogen) atoms. The van der Waals surface area contributed by atoms with Crippen LogP contribution in [0.5, 0.6) is 0 Å². The highest BCUT2D eigenvalue weighted by Gasteiger charge is 2.28. The van der Waals surface area contributed by atoms with E-state index in [-0.39, 0.29) is 5.91 Å². The molecule has 2 rings (SSSR count). The molecule has 0 aromatic carbocycles. The number of carbonyl (C=O) groups excluding carboxylic acids is 1. The molecule has 0 radical (unpaired) electrons. The Morgan fingerprint density at radius 3 is 2.56 bits per heavy atom. The molecule has 0 aliphatic heterocycles. The van der Waals surface area contributed by atoms with E-state index in [1.807, 2.05) is 0 Å². The van der Waals surface area contributed by atoms with Crippen LogP contribution in [0.15, 0.2) is 0 Å². The maximum absolute atomic E-state index is 11.9. The molecule has 0 aromatic heterocycles. The van der Waals surface area contributed by atoms with Crippen LogP contribution in [-0.2, 0) is 4.79 Å². The van der Waals surface area contributed by atoms with Crippen LogP contribution < -0.4 is 10.6 Å². The number of hydrogen-bond acceptors (Lipinski definition) is 2. The summed E-state index contributed by atoms with van der Waals surface area (Å²) in [4.78, 5) is 11.9. The molecule has 2 unspecified atom stereocenters. The highest BCUT2D eigenvalue weighted by atomic mass is 16.1. The van der Waals surface area contributed by atoms with Crippen molar-refractivity contribution in [3.63, 3.8) is 0 Å². The van der Waals surface area contributed by atoms with Crippen molar-refractivity contribution in [1.29, 1.82) is 0 Å². The average Bonchev–Trinajstić information content (AvgIpc) is 3.13. The number of amides is 1. The molecule has 0 saturated heterocycles. The van der Waals surface area contributed by atoms with Crippen molar-refractivity contribution < 1.29 is 4.79 Å². The maximum atomic E-state index is 11.9. The number of rotatable bonds is 6. The van der Waals surface area contributed by atoms with Crippen molar-refractivity contribution in [1.82, 2.24) is 10.6 Å². The fourth-order valence-electron chi connectivity index (χ4n) is 3.11. The molecule has 2 aliphatic carbocycles. The lowest BCUT2D eigenvalue weighted by atomic mass is 9.78. The third kappa shape index (κ3) is 4.27. The Balaban J connectivity index is 1.69. The number of nitrogens with one attached hydrogen (secondary N) is 2. The van der Waals surface area contributed by atoms with E-state index >= 15 is 0 Å². The normalized spacial score (nSPS) is 28.4. The summed E-state index contributed by atoms with van der Waals surface area (Å²) in [5, 5.41) is 6.51. The zero-order valence-corrected chi connectivity index (χ0v) is 11.9. The van der Waals surface area contributed by atoms with Gasteiger partial charge in [-0.15, -0.1) is 0 Å². The molecular weight excluding hydrogens is 224 g/mol. The van der Waals surface area contributed by atoms with Crippen molar-refractivity contribution in [3.8, 4) is 0 Å². The summed E-state index contributed by atoms with van der Waals surface area (Å²) in [6, 6.07) is 0.411. The minimum Gasteiger partial charge on any atom is -0.352 e. The second-order valence-corrected chi connectivity index (χ2v) is 6.44. The van der Waals surface area contributed by atoms with Crippen molar-refractivity contribution >= 4 is 5.91 Å². The summed E-state index contributed by atoms with van der Waals surface area (Å²) in [6.45, 7) is 6.07. The third-order valence-corrected chi connectivity index (χ3v) is 4.44. The van der Waals surface area contributed by atoms with Gasteiger partial charge in [-0.2, -0.15) is 0 Å². The van der Waals surface area contributed by atoms with Crippen LogP contribution in [0.25, 0.3) is 0 Å². The minimum atomic E-state index is 0.188. The highest BCUT2D eigenvalue weighted by molar-refractivity contribution is 5.78.